The van der Waals surface area contributed by atoms with Gasteiger partial charge in [-0.05, 0) is 36.0 Å². The Kier molecular flexibility index (Phi) is 4.13. The van der Waals surface area contributed by atoms with E-state index in [2.05, 4.69) is 11.2 Å². The number of carbonyl (C=O) groups is 1. The maximum Gasteiger partial charge on any atom is 0.309 e. The third-order valence-electron chi connectivity index (χ3n) is 3.46. The van der Waals surface area contributed by atoms with Gasteiger partial charge in [0.2, 0.25) is 0 Å². The van der Waals surface area contributed by atoms with Crippen LogP contribution in [-0.2, 0) is 16.0 Å². The average Bonchev–Trinajstić information content (AvgIpc) is 2.40. The molecule has 0 N–H and O–H groups in total. The first-order valence-electron chi connectivity index (χ1n) is 6.23. The number of methoxy groups -OCH3 is 1. The van der Waals surface area contributed by atoms with Crippen molar-refractivity contribution in [2.75, 3.05) is 7.11 Å². The number of esters is 1. The standard InChI is InChI=1S/C14H18NO2/c1-17-14(16)9-12-7-8-15-10-13(12)11-5-3-2-4-6-11/h7-8,11H,2-6,9H2,1H3. The van der Waals surface area contributed by atoms with E-state index in [1.54, 1.807) is 6.20 Å². The molecule has 1 heterocycles. The number of pyridine rings is 1. The fourth-order valence-corrected chi connectivity index (χ4v) is 2.52. The monoisotopic (exact) mass is 232 g/mol. The Morgan fingerprint density at radius 3 is 2.94 bits per heavy atom. The van der Waals surface area contributed by atoms with Crippen LogP contribution in [0.3, 0.4) is 0 Å². The fraction of sp³-hybridized carbons (Fsp3) is 0.571. The zero-order chi connectivity index (χ0) is 12.1. The Hall–Kier alpha value is -1.38. The van der Waals surface area contributed by atoms with Gasteiger partial charge in [0.25, 0.3) is 0 Å². The number of hydrogen-bond donors (Lipinski definition) is 0. The summed E-state index contributed by atoms with van der Waals surface area (Å²) in [5.41, 5.74) is 2.15. The van der Waals surface area contributed by atoms with Gasteiger partial charge in [-0.25, -0.2) is 0 Å². The van der Waals surface area contributed by atoms with Crippen LogP contribution in [0.2, 0.25) is 0 Å². The Labute approximate surface area is 102 Å². The van der Waals surface area contributed by atoms with Crippen LogP contribution in [0.5, 0.6) is 0 Å². The van der Waals surface area contributed by atoms with Crippen LogP contribution in [0, 0.1) is 6.20 Å². The van der Waals surface area contributed by atoms with Gasteiger partial charge in [0.15, 0.2) is 0 Å². The van der Waals surface area contributed by atoms with E-state index >= 15 is 0 Å². The van der Waals surface area contributed by atoms with E-state index < -0.39 is 0 Å². The summed E-state index contributed by atoms with van der Waals surface area (Å²) in [5.74, 6) is 0.332. The predicted molar refractivity (Wildman–Crippen MR) is 64.6 cm³/mol. The summed E-state index contributed by atoms with van der Waals surface area (Å²) in [6.45, 7) is 0. The van der Waals surface area contributed by atoms with Crippen molar-refractivity contribution in [3.05, 3.63) is 29.6 Å². The normalized spacial score (nSPS) is 16.8. The van der Waals surface area contributed by atoms with Crippen LogP contribution < -0.4 is 0 Å². The van der Waals surface area contributed by atoms with E-state index in [4.69, 9.17) is 4.74 Å². The minimum Gasteiger partial charge on any atom is -0.469 e. The van der Waals surface area contributed by atoms with Gasteiger partial charge >= 0.3 is 5.97 Å². The molecule has 1 aliphatic carbocycles. The number of rotatable bonds is 3. The second kappa shape index (κ2) is 5.80. The minimum absolute atomic E-state index is 0.193. The zero-order valence-corrected chi connectivity index (χ0v) is 10.2. The summed E-state index contributed by atoms with van der Waals surface area (Å²) in [6, 6.07) is 1.91. The first-order valence-corrected chi connectivity index (χ1v) is 6.23. The van der Waals surface area contributed by atoms with E-state index in [1.807, 2.05) is 6.07 Å². The van der Waals surface area contributed by atoms with Gasteiger partial charge in [-0.3, -0.25) is 9.78 Å². The molecule has 1 aromatic heterocycles. The maximum absolute atomic E-state index is 11.4. The third kappa shape index (κ3) is 3.05. The first kappa shape index (κ1) is 12.1. The molecule has 3 nitrogen and oxygen atoms in total. The summed E-state index contributed by atoms with van der Waals surface area (Å²) >= 11 is 0. The lowest BCUT2D eigenvalue weighted by Crippen LogP contribution is -2.12. The highest BCUT2D eigenvalue weighted by Gasteiger charge is 2.20. The smallest absolute Gasteiger partial charge is 0.309 e. The third-order valence-corrected chi connectivity index (χ3v) is 3.46. The average molecular weight is 232 g/mol. The van der Waals surface area contributed by atoms with Gasteiger partial charge in [-0.1, -0.05) is 19.3 Å². The van der Waals surface area contributed by atoms with Crippen molar-refractivity contribution in [1.82, 2.24) is 4.98 Å². The molecule has 0 aliphatic heterocycles. The molecule has 17 heavy (non-hydrogen) atoms. The van der Waals surface area contributed by atoms with E-state index in [-0.39, 0.29) is 5.97 Å². The highest BCUT2D eigenvalue weighted by Crippen LogP contribution is 2.33. The first-order chi connectivity index (χ1) is 8.31. The minimum atomic E-state index is -0.193. The largest absolute Gasteiger partial charge is 0.469 e. The van der Waals surface area contributed by atoms with E-state index in [0.29, 0.717) is 12.3 Å². The lowest BCUT2D eigenvalue weighted by Gasteiger charge is -2.23. The molecule has 0 saturated heterocycles. The van der Waals surface area contributed by atoms with Crippen LogP contribution in [-0.4, -0.2) is 18.1 Å². The molecule has 1 aromatic rings. The van der Waals surface area contributed by atoms with Gasteiger partial charge in [0.05, 0.1) is 19.7 Å². The number of carbonyl (C=O) groups excluding carboxylic acids is 1. The van der Waals surface area contributed by atoms with Crippen LogP contribution in [0.1, 0.15) is 49.1 Å². The summed E-state index contributed by atoms with van der Waals surface area (Å²) < 4.78 is 4.72. The van der Waals surface area contributed by atoms with Crippen molar-refractivity contribution in [3.63, 3.8) is 0 Å². The SMILES string of the molecule is COC(=O)Cc1ccn[c]c1C1CCCCC1. The summed E-state index contributed by atoms with van der Waals surface area (Å²) in [4.78, 5) is 15.4. The molecule has 2 rings (SSSR count). The number of hydrogen-bond acceptors (Lipinski definition) is 3. The van der Waals surface area contributed by atoms with Crippen molar-refractivity contribution >= 4 is 5.97 Å². The molecule has 0 amide bonds. The summed E-state index contributed by atoms with van der Waals surface area (Å²) in [7, 11) is 1.42. The summed E-state index contributed by atoms with van der Waals surface area (Å²) in [5, 5.41) is 0. The molecular formula is C14H18NO2. The Morgan fingerprint density at radius 2 is 2.24 bits per heavy atom. The highest BCUT2D eigenvalue weighted by atomic mass is 16.5. The lowest BCUT2D eigenvalue weighted by atomic mass is 9.82. The molecule has 0 bridgehead atoms. The molecule has 3 heteroatoms. The fourth-order valence-electron chi connectivity index (χ4n) is 2.52. The van der Waals surface area contributed by atoms with Crippen molar-refractivity contribution in [1.29, 1.82) is 0 Å². The van der Waals surface area contributed by atoms with E-state index in [0.717, 1.165) is 11.1 Å². The molecule has 1 fully saturated rings. The Bertz CT molecular complexity index is 384. The van der Waals surface area contributed by atoms with Gasteiger partial charge in [0.1, 0.15) is 0 Å². The second-order valence-corrected chi connectivity index (χ2v) is 4.58. The van der Waals surface area contributed by atoms with Gasteiger partial charge in [-0.2, -0.15) is 0 Å². The molecule has 1 radical (unpaired) electrons. The molecule has 0 aromatic carbocycles. The number of ether oxygens (including phenoxy) is 1. The van der Waals surface area contributed by atoms with Crippen LogP contribution in [0.4, 0.5) is 0 Å². The highest BCUT2D eigenvalue weighted by molar-refractivity contribution is 5.72. The topological polar surface area (TPSA) is 39.2 Å². The Balaban J connectivity index is 2.17. The quantitative estimate of drug-likeness (QED) is 0.752. The van der Waals surface area contributed by atoms with Crippen LogP contribution in [0.25, 0.3) is 0 Å². The van der Waals surface area contributed by atoms with Crippen molar-refractivity contribution < 1.29 is 9.53 Å². The van der Waals surface area contributed by atoms with Gasteiger partial charge in [0, 0.05) is 6.20 Å². The molecule has 91 valence electrons. The Morgan fingerprint density at radius 1 is 1.47 bits per heavy atom. The molecule has 0 unspecified atom stereocenters. The number of aromatic nitrogens is 1. The van der Waals surface area contributed by atoms with Crippen LogP contribution >= 0.6 is 0 Å². The predicted octanol–water partition coefficient (Wildman–Crippen LogP) is 2.64. The van der Waals surface area contributed by atoms with Crippen molar-refractivity contribution in [2.45, 2.75) is 44.4 Å². The van der Waals surface area contributed by atoms with E-state index in [9.17, 15) is 4.79 Å². The lowest BCUT2D eigenvalue weighted by molar-refractivity contribution is -0.139. The maximum atomic E-state index is 11.4. The number of nitrogens with zero attached hydrogens (tertiary/aromatic N) is 1. The zero-order valence-electron chi connectivity index (χ0n) is 10.2. The summed E-state index contributed by atoms with van der Waals surface area (Å²) in [6.07, 6.45) is 11.4. The van der Waals surface area contributed by atoms with Crippen molar-refractivity contribution in [2.24, 2.45) is 0 Å². The molecule has 1 saturated carbocycles. The second-order valence-electron chi connectivity index (χ2n) is 4.58. The molecule has 0 spiro atoms. The van der Waals surface area contributed by atoms with Crippen molar-refractivity contribution in [3.8, 4) is 0 Å². The van der Waals surface area contributed by atoms with Gasteiger partial charge < -0.3 is 4.74 Å². The van der Waals surface area contributed by atoms with Gasteiger partial charge in [-0.15, -0.1) is 0 Å². The van der Waals surface area contributed by atoms with E-state index in [1.165, 1.54) is 39.2 Å². The molecule has 0 atom stereocenters. The van der Waals surface area contributed by atoms with Crippen LogP contribution in [0.15, 0.2) is 12.3 Å². The molecule has 1 aliphatic rings. The molecular weight excluding hydrogens is 214 g/mol.